The standard InChI is InChI=1S/C11H12ClN5OS/c1-6(8-3-4-9(12)19-8)14-11(18)7-2-5-10(15-13)17-16-7/h2-6H,13H2,1H3,(H,14,18)(H,15,17). The molecule has 1 amide bonds. The number of hydrazine groups is 1. The van der Waals surface area contributed by atoms with E-state index < -0.39 is 0 Å². The van der Waals surface area contributed by atoms with Gasteiger partial charge in [-0.1, -0.05) is 11.6 Å². The van der Waals surface area contributed by atoms with Crippen LogP contribution in [0.4, 0.5) is 5.82 Å². The van der Waals surface area contributed by atoms with Gasteiger partial charge in [-0.15, -0.1) is 21.5 Å². The van der Waals surface area contributed by atoms with E-state index in [4.69, 9.17) is 17.4 Å². The molecule has 0 aliphatic heterocycles. The van der Waals surface area contributed by atoms with Gasteiger partial charge >= 0.3 is 0 Å². The molecule has 0 saturated carbocycles. The Balaban J connectivity index is 2.03. The smallest absolute Gasteiger partial charge is 0.272 e. The van der Waals surface area contributed by atoms with Crippen molar-refractivity contribution in [2.75, 3.05) is 5.43 Å². The summed E-state index contributed by atoms with van der Waals surface area (Å²) in [6.45, 7) is 1.88. The second-order valence-electron chi connectivity index (χ2n) is 3.79. The van der Waals surface area contributed by atoms with Crippen LogP contribution in [0.25, 0.3) is 0 Å². The quantitative estimate of drug-likeness (QED) is 0.592. The number of aromatic nitrogens is 2. The van der Waals surface area contributed by atoms with E-state index in [9.17, 15) is 4.79 Å². The van der Waals surface area contributed by atoms with E-state index in [1.807, 2.05) is 13.0 Å². The zero-order chi connectivity index (χ0) is 13.8. The van der Waals surface area contributed by atoms with E-state index in [0.29, 0.717) is 10.2 Å². The first-order valence-electron chi connectivity index (χ1n) is 5.46. The summed E-state index contributed by atoms with van der Waals surface area (Å²) in [5.74, 6) is 5.27. The molecule has 8 heteroatoms. The molecule has 1 atom stereocenters. The highest BCUT2D eigenvalue weighted by Crippen LogP contribution is 2.26. The van der Waals surface area contributed by atoms with Gasteiger partial charge in [-0.25, -0.2) is 5.84 Å². The normalized spacial score (nSPS) is 11.9. The van der Waals surface area contributed by atoms with Crippen LogP contribution in [0.2, 0.25) is 4.34 Å². The summed E-state index contributed by atoms with van der Waals surface area (Å²) in [6, 6.07) is 6.66. The molecule has 4 N–H and O–H groups in total. The van der Waals surface area contributed by atoms with E-state index in [1.54, 1.807) is 18.2 Å². The van der Waals surface area contributed by atoms with Crippen molar-refractivity contribution in [2.45, 2.75) is 13.0 Å². The van der Waals surface area contributed by atoms with Crippen LogP contribution in [0.1, 0.15) is 28.3 Å². The van der Waals surface area contributed by atoms with Crippen LogP contribution in [-0.4, -0.2) is 16.1 Å². The van der Waals surface area contributed by atoms with Crippen LogP contribution in [0.5, 0.6) is 0 Å². The molecule has 0 radical (unpaired) electrons. The minimum atomic E-state index is -0.298. The Labute approximate surface area is 119 Å². The van der Waals surface area contributed by atoms with Gasteiger partial charge in [-0.2, -0.15) is 0 Å². The van der Waals surface area contributed by atoms with Crippen LogP contribution in [0.15, 0.2) is 24.3 Å². The number of hydrogen-bond acceptors (Lipinski definition) is 6. The maximum atomic E-state index is 11.9. The first kappa shape index (κ1) is 13.7. The number of nitrogen functional groups attached to an aromatic ring is 1. The molecule has 19 heavy (non-hydrogen) atoms. The number of nitrogens with zero attached hydrogens (tertiary/aromatic N) is 2. The van der Waals surface area contributed by atoms with Gasteiger partial charge in [0.05, 0.1) is 10.4 Å². The van der Waals surface area contributed by atoms with Gasteiger partial charge < -0.3 is 10.7 Å². The first-order valence-corrected chi connectivity index (χ1v) is 6.66. The van der Waals surface area contributed by atoms with Crippen molar-refractivity contribution in [2.24, 2.45) is 5.84 Å². The van der Waals surface area contributed by atoms with E-state index in [0.717, 1.165) is 4.88 Å². The molecule has 1 unspecified atom stereocenters. The predicted molar refractivity (Wildman–Crippen MR) is 75.1 cm³/mol. The third-order valence-corrected chi connectivity index (χ3v) is 3.83. The van der Waals surface area contributed by atoms with E-state index in [1.165, 1.54) is 11.3 Å². The fourth-order valence-electron chi connectivity index (χ4n) is 1.43. The monoisotopic (exact) mass is 297 g/mol. The molecule has 2 rings (SSSR count). The van der Waals surface area contributed by atoms with Crippen LogP contribution in [0, 0.1) is 0 Å². The Bertz CT molecular complexity index is 571. The van der Waals surface area contributed by atoms with Crippen molar-refractivity contribution in [3.05, 3.63) is 39.2 Å². The summed E-state index contributed by atoms with van der Waals surface area (Å²) in [5, 5.41) is 10.3. The lowest BCUT2D eigenvalue weighted by Crippen LogP contribution is -2.27. The van der Waals surface area contributed by atoms with Crippen LogP contribution in [0.3, 0.4) is 0 Å². The fourth-order valence-corrected chi connectivity index (χ4v) is 2.50. The van der Waals surface area contributed by atoms with Gasteiger partial charge in [-0.3, -0.25) is 4.79 Å². The SMILES string of the molecule is CC(NC(=O)c1ccc(NN)nn1)c1ccc(Cl)s1. The third-order valence-electron chi connectivity index (χ3n) is 2.41. The molecule has 0 aromatic carbocycles. The number of thiophene rings is 1. The van der Waals surface area contributed by atoms with Gasteiger partial charge in [-0.05, 0) is 31.2 Å². The summed E-state index contributed by atoms with van der Waals surface area (Å²) in [6.07, 6.45) is 0. The zero-order valence-corrected chi connectivity index (χ0v) is 11.6. The first-order chi connectivity index (χ1) is 9.10. The molecule has 0 fully saturated rings. The topological polar surface area (TPSA) is 92.9 Å². The maximum absolute atomic E-state index is 11.9. The minimum absolute atomic E-state index is 0.140. The Hall–Kier alpha value is -1.70. The Morgan fingerprint density at radius 3 is 2.68 bits per heavy atom. The molecule has 2 heterocycles. The average Bonchev–Trinajstić information content (AvgIpc) is 2.85. The molecule has 0 aliphatic rings. The Kier molecular flexibility index (Phi) is 4.31. The molecule has 0 saturated heterocycles. The summed E-state index contributed by atoms with van der Waals surface area (Å²) in [4.78, 5) is 12.9. The molecule has 6 nitrogen and oxygen atoms in total. The summed E-state index contributed by atoms with van der Waals surface area (Å²) in [7, 11) is 0. The van der Waals surface area contributed by atoms with Crippen molar-refractivity contribution in [1.82, 2.24) is 15.5 Å². The van der Waals surface area contributed by atoms with E-state index in [2.05, 4.69) is 20.9 Å². The van der Waals surface area contributed by atoms with Crippen molar-refractivity contribution in [3.63, 3.8) is 0 Å². The Morgan fingerprint density at radius 1 is 1.37 bits per heavy atom. The van der Waals surface area contributed by atoms with Gasteiger partial charge in [0.1, 0.15) is 0 Å². The van der Waals surface area contributed by atoms with Gasteiger partial charge in [0.15, 0.2) is 11.5 Å². The number of carbonyl (C=O) groups is 1. The van der Waals surface area contributed by atoms with Crippen molar-refractivity contribution in [1.29, 1.82) is 0 Å². The molecule has 0 aliphatic carbocycles. The second-order valence-corrected chi connectivity index (χ2v) is 5.53. The largest absolute Gasteiger partial charge is 0.343 e. The van der Waals surface area contributed by atoms with Gasteiger partial charge in [0, 0.05) is 4.88 Å². The van der Waals surface area contributed by atoms with Crippen molar-refractivity contribution >= 4 is 34.7 Å². The van der Waals surface area contributed by atoms with E-state index >= 15 is 0 Å². The number of nitrogens with one attached hydrogen (secondary N) is 2. The van der Waals surface area contributed by atoms with Crippen LogP contribution >= 0.6 is 22.9 Å². The number of rotatable bonds is 4. The second kappa shape index (κ2) is 5.96. The molecular weight excluding hydrogens is 286 g/mol. The summed E-state index contributed by atoms with van der Waals surface area (Å²) in [5.41, 5.74) is 2.57. The van der Waals surface area contributed by atoms with E-state index in [-0.39, 0.29) is 17.6 Å². The van der Waals surface area contributed by atoms with Crippen LogP contribution in [-0.2, 0) is 0 Å². The van der Waals surface area contributed by atoms with Gasteiger partial charge in [0.25, 0.3) is 5.91 Å². The molecule has 100 valence electrons. The lowest BCUT2D eigenvalue weighted by atomic mass is 10.2. The highest BCUT2D eigenvalue weighted by molar-refractivity contribution is 7.16. The maximum Gasteiger partial charge on any atom is 0.272 e. The van der Waals surface area contributed by atoms with Crippen molar-refractivity contribution in [3.8, 4) is 0 Å². The number of anilines is 1. The zero-order valence-electron chi connectivity index (χ0n) is 10.1. The van der Waals surface area contributed by atoms with Crippen LogP contribution < -0.4 is 16.6 Å². The predicted octanol–water partition coefficient (Wildman–Crippen LogP) is 1.97. The molecular formula is C11H12ClN5OS. The number of amides is 1. The lowest BCUT2D eigenvalue weighted by molar-refractivity contribution is 0.0934. The molecule has 0 bridgehead atoms. The number of nitrogens with two attached hydrogens (primary N) is 1. The number of hydrogen-bond donors (Lipinski definition) is 3. The van der Waals surface area contributed by atoms with Gasteiger partial charge in [0.2, 0.25) is 0 Å². The average molecular weight is 298 g/mol. The number of carbonyl (C=O) groups excluding carboxylic acids is 1. The number of halogens is 1. The highest BCUT2D eigenvalue weighted by Gasteiger charge is 2.14. The summed E-state index contributed by atoms with van der Waals surface area (Å²) < 4.78 is 0.689. The molecule has 2 aromatic rings. The molecule has 0 spiro atoms. The Morgan fingerprint density at radius 2 is 2.16 bits per heavy atom. The lowest BCUT2D eigenvalue weighted by Gasteiger charge is -2.11. The minimum Gasteiger partial charge on any atom is -0.343 e. The van der Waals surface area contributed by atoms with Crippen molar-refractivity contribution < 1.29 is 4.79 Å². The summed E-state index contributed by atoms with van der Waals surface area (Å²) >= 11 is 7.28. The highest BCUT2D eigenvalue weighted by atomic mass is 35.5. The fraction of sp³-hybridized carbons (Fsp3) is 0.182. The third kappa shape index (κ3) is 3.40. The molecule has 2 aromatic heterocycles.